The van der Waals surface area contributed by atoms with Gasteiger partial charge in [-0.2, -0.15) is 0 Å². The van der Waals surface area contributed by atoms with E-state index in [0.29, 0.717) is 0 Å². The van der Waals surface area contributed by atoms with E-state index < -0.39 is 0 Å². The van der Waals surface area contributed by atoms with Gasteiger partial charge in [0.2, 0.25) is 0 Å². The minimum atomic E-state index is 0.269. The van der Waals surface area contributed by atoms with Crippen molar-refractivity contribution >= 4 is 0 Å². The van der Waals surface area contributed by atoms with Crippen LogP contribution in [0.5, 0.6) is 0 Å². The Hall–Kier alpha value is -0.560. The van der Waals surface area contributed by atoms with Crippen LogP contribution in [0.15, 0.2) is 23.3 Å². The summed E-state index contributed by atoms with van der Waals surface area (Å²) in [4.78, 5) is 0. The van der Waals surface area contributed by atoms with Gasteiger partial charge in [-0.15, -0.1) is 0 Å². The zero-order chi connectivity index (χ0) is 7.56. The first-order valence-electron chi connectivity index (χ1n) is 3.66. The van der Waals surface area contributed by atoms with Gasteiger partial charge >= 0.3 is 0 Å². The number of allylic oxidation sites excluding steroid dienone is 1. The van der Waals surface area contributed by atoms with Crippen molar-refractivity contribution in [1.29, 1.82) is 0 Å². The lowest BCUT2D eigenvalue weighted by molar-refractivity contribution is 0.147. The molecule has 1 nitrogen and oxygen atoms in total. The van der Waals surface area contributed by atoms with Crippen molar-refractivity contribution in [2.24, 2.45) is 0 Å². The van der Waals surface area contributed by atoms with Gasteiger partial charge in [0, 0.05) is 0 Å². The molecule has 0 aromatic rings. The van der Waals surface area contributed by atoms with Crippen LogP contribution < -0.4 is 0 Å². The predicted octanol–water partition coefficient (Wildman–Crippen LogP) is 2.30. The minimum absolute atomic E-state index is 0.269. The molecule has 0 aliphatic carbocycles. The summed E-state index contributed by atoms with van der Waals surface area (Å²) in [5, 5.41) is 0. The van der Waals surface area contributed by atoms with Gasteiger partial charge in [0.25, 0.3) is 0 Å². The summed E-state index contributed by atoms with van der Waals surface area (Å²) in [6.07, 6.45) is 4.51. The molecule has 0 N–H and O–H groups in total. The minimum Gasteiger partial charge on any atom is -0.365 e. The molecule has 0 saturated heterocycles. The maximum absolute atomic E-state index is 5.46. The highest BCUT2D eigenvalue weighted by atomic mass is 16.5. The van der Waals surface area contributed by atoms with E-state index >= 15 is 0 Å². The topological polar surface area (TPSA) is 9.23 Å². The molecule has 0 amide bonds. The molecule has 10 heavy (non-hydrogen) atoms. The molecular formula is C9H14O. The summed E-state index contributed by atoms with van der Waals surface area (Å²) in [7, 11) is 0. The Balaban J connectivity index is 2.67. The first-order valence-corrected chi connectivity index (χ1v) is 3.66. The van der Waals surface area contributed by atoms with E-state index in [1.54, 1.807) is 0 Å². The first-order chi connectivity index (χ1) is 4.75. The van der Waals surface area contributed by atoms with Gasteiger partial charge in [0.1, 0.15) is 0 Å². The quantitative estimate of drug-likeness (QED) is 0.505. The second-order valence-electron chi connectivity index (χ2n) is 2.69. The summed E-state index contributed by atoms with van der Waals surface area (Å²) in [5.41, 5.74) is 2.65. The van der Waals surface area contributed by atoms with Crippen LogP contribution >= 0.6 is 0 Å². The zero-order valence-corrected chi connectivity index (χ0v) is 6.85. The number of rotatable bonds is 1. The largest absolute Gasteiger partial charge is 0.365 e. The van der Waals surface area contributed by atoms with E-state index in [2.05, 4.69) is 26.0 Å². The molecule has 1 rings (SSSR count). The molecule has 0 bridgehead atoms. The van der Waals surface area contributed by atoms with Crippen LogP contribution in [0.25, 0.3) is 0 Å². The fraction of sp³-hybridized carbons (Fsp3) is 0.556. The van der Waals surface area contributed by atoms with Gasteiger partial charge in [0.15, 0.2) is 0 Å². The standard InChI is InChI=1S/C9H14O/c1-4-7(2)9-8(3)5-6-10-9/h4-5,9H,6H2,1-3H3. The van der Waals surface area contributed by atoms with E-state index in [1.165, 1.54) is 11.1 Å². The number of hydrogen-bond acceptors (Lipinski definition) is 1. The van der Waals surface area contributed by atoms with Crippen LogP contribution in [0.3, 0.4) is 0 Å². The van der Waals surface area contributed by atoms with Crippen LogP contribution in [0.2, 0.25) is 0 Å². The molecule has 0 aromatic carbocycles. The Morgan fingerprint density at radius 2 is 2.50 bits per heavy atom. The van der Waals surface area contributed by atoms with Crippen molar-refractivity contribution in [3.8, 4) is 0 Å². The summed E-state index contributed by atoms with van der Waals surface area (Å²) >= 11 is 0. The SMILES string of the molecule is CC=C(C)C1OCC=C1C. The molecule has 1 aliphatic rings. The van der Waals surface area contributed by atoms with Crippen LogP contribution in [0.4, 0.5) is 0 Å². The maximum Gasteiger partial charge on any atom is 0.0995 e. The molecule has 0 fully saturated rings. The maximum atomic E-state index is 5.46. The van der Waals surface area contributed by atoms with Gasteiger partial charge in [-0.05, 0) is 31.9 Å². The summed E-state index contributed by atoms with van der Waals surface area (Å²) in [5.74, 6) is 0. The molecule has 1 aliphatic heterocycles. The van der Waals surface area contributed by atoms with Crippen LogP contribution in [0, 0.1) is 0 Å². The molecule has 1 heterocycles. The fourth-order valence-corrected chi connectivity index (χ4v) is 1.16. The average Bonchev–Trinajstić information content (AvgIpc) is 2.34. The van der Waals surface area contributed by atoms with Crippen molar-refractivity contribution in [2.75, 3.05) is 6.61 Å². The van der Waals surface area contributed by atoms with Crippen LogP contribution in [-0.2, 0) is 4.74 Å². The van der Waals surface area contributed by atoms with Gasteiger partial charge in [-0.1, -0.05) is 12.2 Å². The molecule has 1 heteroatoms. The lowest BCUT2D eigenvalue weighted by Crippen LogP contribution is -2.09. The molecule has 1 unspecified atom stereocenters. The molecule has 0 aromatic heterocycles. The van der Waals surface area contributed by atoms with E-state index in [9.17, 15) is 0 Å². The van der Waals surface area contributed by atoms with Crippen LogP contribution in [-0.4, -0.2) is 12.7 Å². The van der Waals surface area contributed by atoms with E-state index in [0.717, 1.165) is 6.61 Å². The van der Waals surface area contributed by atoms with Crippen molar-refractivity contribution in [3.63, 3.8) is 0 Å². The summed E-state index contributed by atoms with van der Waals surface area (Å²) < 4.78 is 5.46. The number of ether oxygens (including phenoxy) is 1. The molecule has 1 atom stereocenters. The van der Waals surface area contributed by atoms with Crippen LogP contribution in [0.1, 0.15) is 20.8 Å². The van der Waals surface area contributed by atoms with E-state index in [1.807, 2.05) is 6.92 Å². The Morgan fingerprint density at radius 1 is 1.80 bits per heavy atom. The Kier molecular flexibility index (Phi) is 2.28. The van der Waals surface area contributed by atoms with Crippen molar-refractivity contribution in [3.05, 3.63) is 23.3 Å². The van der Waals surface area contributed by atoms with Gasteiger partial charge in [-0.3, -0.25) is 0 Å². The summed E-state index contributed by atoms with van der Waals surface area (Å²) in [6.45, 7) is 7.05. The normalized spacial score (nSPS) is 26.9. The third-order valence-corrected chi connectivity index (χ3v) is 1.95. The highest BCUT2D eigenvalue weighted by Gasteiger charge is 2.16. The molecule has 0 saturated carbocycles. The highest BCUT2D eigenvalue weighted by molar-refractivity contribution is 5.23. The van der Waals surface area contributed by atoms with E-state index in [4.69, 9.17) is 4.74 Å². The second kappa shape index (κ2) is 3.02. The zero-order valence-electron chi connectivity index (χ0n) is 6.85. The second-order valence-corrected chi connectivity index (χ2v) is 2.69. The highest BCUT2D eigenvalue weighted by Crippen LogP contribution is 2.20. The third-order valence-electron chi connectivity index (χ3n) is 1.95. The molecular weight excluding hydrogens is 124 g/mol. The Morgan fingerprint density at radius 3 is 2.90 bits per heavy atom. The lowest BCUT2D eigenvalue weighted by atomic mass is 10.1. The fourth-order valence-electron chi connectivity index (χ4n) is 1.16. The monoisotopic (exact) mass is 138 g/mol. The van der Waals surface area contributed by atoms with Crippen molar-refractivity contribution < 1.29 is 4.74 Å². The number of hydrogen-bond donors (Lipinski definition) is 0. The van der Waals surface area contributed by atoms with Gasteiger partial charge in [0.05, 0.1) is 12.7 Å². The van der Waals surface area contributed by atoms with Gasteiger partial charge < -0.3 is 4.74 Å². The van der Waals surface area contributed by atoms with Crippen molar-refractivity contribution in [1.82, 2.24) is 0 Å². The smallest absolute Gasteiger partial charge is 0.0995 e. The average molecular weight is 138 g/mol. The van der Waals surface area contributed by atoms with E-state index in [-0.39, 0.29) is 6.10 Å². The molecule has 0 spiro atoms. The molecule has 0 radical (unpaired) electrons. The Bertz CT molecular complexity index is 177. The first kappa shape index (κ1) is 7.55. The third kappa shape index (κ3) is 1.29. The molecule has 56 valence electrons. The summed E-state index contributed by atoms with van der Waals surface area (Å²) in [6, 6.07) is 0. The van der Waals surface area contributed by atoms with Gasteiger partial charge in [-0.25, -0.2) is 0 Å². The lowest BCUT2D eigenvalue weighted by Gasteiger charge is -2.11. The Labute approximate surface area is 62.4 Å². The van der Waals surface area contributed by atoms with Crippen molar-refractivity contribution in [2.45, 2.75) is 26.9 Å². The predicted molar refractivity (Wildman–Crippen MR) is 42.9 cm³/mol.